The molecule has 2 bridgehead atoms. The molecule has 10 heteroatoms. The van der Waals surface area contributed by atoms with Crippen LogP contribution in [0.4, 0.5) is 0 Å². The second kappa shape index (κ2) is 9.67. The highest BCUT2D eigenvalue weighted by Crippen LogP contribution is 2.52. The van der Waals surface area contributed by atoms with Gasteiger partial charge in [-0.3, -0.25) is 19.2 Å². The molecule has 2 heterocycles. The molecular weight excluding hydrogens is 524 g/mol. The number of halogens is 1. The fraction of sp³-hybridized carbons (Fsp3) is 0.207. The molecule has 0 spiro atoms. The van der Waals surface area contributed by atoms with Crippen molar-refractivity contribution in [1.82, 2.24) is 10.0 Å². The number of hydrogen-bond acceptors (Lipinski definition) is 7. The summed E-state index contributed by atoms with van der Waals surface area (Å²) in [6.07, 6.45) is 5.98. The van der Waals surface area contributed by atoms with Crippen LogP contribution in [0.1, 0.15) is 37.7 Å². The number of esters is 1. The topological polar surface area (TPSA) is 114 Å². The molecule has 1 aliphatic heterocycles. The molecule has 4 atom stereocenters. The van der Waals surface area contributed by atoms with E-state index >= 15 is 0 Å². The SMILES string of the molecule is O=C(CN(C(=O)c1ccccc1Cl)N1C(=O)[C@@H]2[C@H](C1=O)[C@H]1C=C[C@H]2C1)c1ccc(OC(=O)c2ccco2)cc1. The van der Waals surface area contributed by atoms with E-state index in [4.69, 9.17) is 20.8 Å². The van der Waals surface area contributed by atoms with Gasteiger partial charge in [-0.25, -0.2) is 9.80 Å². The maximum atomic E-state index is 13.7. The molecule has 0 radical (unpaired) electrons. The summed E-state index contributed by atoms with van der Waals surface area (Å²) in [7, 11) is 0. The van der Waals surface area contributed by atoms with Crippen LogP contribution in [-0.2, 0) is 9.59 Å². The fourth-order valence-corrected chi connectivity index (χ4v) is 5.84. The molecule has 2 fully saturated rings. The summed E-state index contributed by atoms with van der Waals surface area (Å²) in [6, 6.07) is 15.0. The number of amides is 3. The molecule has 1 aromatic heterocycles. The first-order valence-corrected chi connectivity index (χ1v) is 12.7. The predicted molar refractivity (Wildman–Crippen MR) is 136 cm³/mol. The molecule has 3 aliphatic rings. The second-order valence-corrected chi connectivity index (χ2v) is 10.1. The first-order valence-electron chi connectivity index (χ1n) is 12.3. The number of hydrazine groups is 1. The molecule has 196 valence electrons. The van der Waals surface area contributed by atoms with E-state index in [1.807, 2.05) is 12.2 Å². The monoisotopic (exact) mass is 544 g/mol. The van der Waals surface area contributed by atoms with Gasteiger partial charge >= 0.3 is 5.97 Å². The van der Waals surface area contributed by atoms with Crippen LogP contribution in [0.3, 0.4) is 0 Å². The molecule has 9 nitrogen and oxygen atoms in total. The lowest BCUT2D eigenvalue weighted by atomic mass is 9.85. The minimum absolute atomic E-state index is 0.0252. The van der Waals surface area contributed by atoms with Crippen LogP contribution in [0.2, 0.25) is 5.02 Å². The van der Waals surface area contributed by atoms with Gasteiger partial charge in [0.1, 0.15) is 12.3 Å². The number of carbonyl (C=O) groups is 5. The summed E-state index contributed by atoms with van der Waals surface area (Å²) in [6.45, 7) is -0.574. The number of Topliss-reactive ketones (excluding diaryl/α,β-unsaturated/α-hetero) is 1. The Balaban J connectivity index is 1.26. The zero-order valence-corrected chi connectivity index (χ0v) is 21.1. The van der Waals surface area contributed by atoms with Gasteiger partial charge in [0.25, 0.3) is 17.7 Å². The highest BCUT2D eigenvalue weighted by Gasteiger charge is 2.61. The van der Waals surface area contributed by atoms with E-state index in [1.54, 1.807) is 18.2 Å². The highest BCUT2D eigenvalue weighted by atomic mass is 35.5. The van der Waals surface area contributed by atoms with Gasteiger partial charge in [0.15, 0.2) is 5.78 Å². The number of allylic oxidation sites excluding steroid dienone is 2. The Kier molecular flexibility index (Phi) is 6.15. The van der Waals surface area contributed by atoms with Crippen molar-refractivity contribution in [2.45, 2.75) is 6.42 Å². The van der Waals surface area contributed by atoms with Gasteiger partial charge in [0.2, 0.25) is 5.76 Å². The predicted octanol–water partition coefficient (Wildman–Crippen LogP) is 4.20. The normalized spacial score (nSPS) is 22.7. The third-order valence-corrected chi connectivity index (χ3v) is 7.76. The van der Waals surface area contributed by atoms with Crippen molar-refractivity contribution in [2.24, 2.45) is 23.7 Å². The second-order valence-electron chi connectivity index (χ2n) is 9.65. The molecule has 3 amide bonds. The van der Waals surface area contributed by atoms with Crippen LogP contribution in [-0.4, -0.2) is 46.0 Å². The number of imide groups is 1. The summed E-state index contributed by atoms with van der Waals surface area (Å²) >= 11 is 6.27. The molecule has 2 aromatic carbocycles. The Hall–Kier alpha value is -4.50. The summed E-state index contributed by atoms with van der Waals surface area (Å²) in [4.78, 5) is 66.1. The van der Waals surface area contributed by atoms with E-state index < -0.39 is 47.9 Å². The Labute approximate surface area is 227 Å². The number of benzene rings is 2. The van der Waals surface area contributed by atoms with E-state index in [2.05, 4.69) is 0 Å². The van der Waals surface area contributed by atoms with E-state index in [0.717, 1.165) is 16.4 Å². The lowest BCUT2D eigenvalue weighted by Crippen LogP contribution is -2.52. The van der Waals surface area contributed by atoms with Crippen LogP contribution < -0.4 is 4.74 Å². The minimum Gasteiger partial charge on any atom is -0.457 e. The van der Waals surface area contributed by atoms with Gasteiger partial charge in [0.05, 0.1) is 28.7 Å². The Morgan fingerprint density at radius 3 is 2.21 bits per heavy atom. The fourth-order valence-electron chi connectivity index (χ4n) is 5.62. The van der Waals surface area contributed by atoms with Gasteiger partial charge in [-0.1, -0.05) is 35.9 Å². The Morgan fingerprint density at radius 1 is 0.923 bits per heavy atom. The summed E-state index contributed by atoms with van der Waals surface area (Å²) in [5.41, 5.74) is 0.247. The quantitative estimate of drug-likeness (QED) is 0.144. The van der Waals surface area contributed by atoms with Crippen LogP contribution in [0.5, 0.6) is 5.75 Å². The molecule has 0 unspecified atom stereocenters. The average Bonchev–Trinajstić information content (AvgIpc) is 3.74. The number of ether oxygens (including phenoxy) is 1. The van der Waals surface area contributed by atoms with Crippen molar-refractivity contribution in [2.75, 3.05) is 6.54 Å². The van der Waals surface area contributed by atoms with Gasteiger partial charge in [0, 0.05) is 5.56 Å². The standard InChI is InChI=1S/C29H21ClN2O7/c30-21-5-2-1-4-20(21)26(34)31(32-27(35)24-17-7-8-18(14-17)25(24)28(32)36)15-22(33)16-9-11-19(12-10-16)39-29(37)23-6-3-13-38-23/h1-13,17-18,24-25H,14-15H2/t17-,18-,24-,25+/m0/s1. The molecule has 2 aliphatic carbocycles. The number of nitrogens with zero attached hydrogens (tertiary/aromatic N) is 2. The minimum atomic E-state index is -0.736. The van der Waals surface area contributed by atoms with E-state index in [1.165, 1.54) is 48.7 Å². The van der Waals surface area contributed by atoms with Gasteiger partial charge in [-0.05, 0) is 66.8 Å². The van der Waals surface area contributed by atoms with Crippen molar-refractivity contribution in [3.8, 4) is 5.75 Å². The first kappa shape index (κ1) is 24.8. The number of hydrogen-bond donors (Lipinski definition) is 0. The molecule has 1 saturated heterocycles. The number of ketones is 1. The lowest BCUT2D eigenvalue weighted by molar-refractivity contribution is -0.154. The van der Waals surface area contributed by atoms with Crippen molar-refractivity contribution in [3.63, 3.8) is 0 Å². The van der Waals surface area contributed by atoms with E-state index in [-0.39, 0.29) is 39.5 Å². The van der Waals surface area contributed by atoms with Crippen LogP contribution in [0.15, 0.2) is 83.5 Å². The summed E-state index contributed by atoms with van der Waals surface area (Å²) in [5, 5.41) is 1.87. The molecule has 1 saturated carbocycles. The molecule has 39 heavy (non-hydrogen) atoms. The maximum absolute atomic E-state index is 13.7. The van der Waals surface area contributed by atoms with Crippen molar-refractivity contribution < 1.29 is 33.1 Å². The van der Waals surface area contributed by atoms with Gasteiger partial charge in [-0.2, -0.15) is 5.01 Å². The average molecular weight is 545 g/mol. The van der Waals surface area contributed by atoms with Crippen LogP contribution in [0, 0.1) is 23.7 Å². The molecular formula is C29H21ClN2O7. The number of carbonyl (C=O) groups excluding carboxylic acids is 5. The summed E-state index contributed by atoms with van der Waals surface area (Å²) < 4.78 is 10.2. The van der Waals surface area contributed by atoms with Crippen LogP contribution in [0.25, 0.3) is 0 Å². The van der Waals surface area contributed by atoms with E-state index in [0.29, 0.717) is 0 Å². The van der Waals surface area contributed by atoms with Gasteiger partial charge in [-0.15, -0.1) is 0 Å². The first-order chi connectivity index (χ1) is 18.8. The van der Waals surface area contributed by atoms with E-state index in [9.17, 15) is 24.0 Å². The van der Waals surface area contributed by atoms with Crippen molar-refractivity contribution in [3.05, 3.63) is 101 Å². The Morgan fingerprint density at radius 2 is 1.59 bits per heavy atom. The number of fused-ring (bicyclic) bond motifs is 5. The van der Waals surface area contributed by atoms with Crippen molar-refractivity contribution >= 4 is 41.1 Å². The number of rotatable bonds is 7. The third-order valence-electron chi connectivity index (χ3n) is 7.43. The third kappa shape index (κ3) is 4.24. The molecule has 6 rings (SSSR count). The Bertz CT molecular complexity index is 1500. The largest absolute Gasteiger partial charge is 0.457 e. The zero-order valence-electron chi connectivity index (χ0n) is 20.4. The zero-order chi connectivity index (χ0) is 27.3. The van der Waals surface area contributed by atoms with Crippen molar-refractivity contribution in [1.29, 1.82) is 0 Å². The molecule has 3 aromatic rings. The number of furan rings is 1. The summed E-state index contributed by atoms with van der Waals surface area (Å²) in [5.74, 6) is -3.97. The lowest BCUT2D eigenvalue weighted by Gasteiger charge is -2.31. The van der Waals surface area contributed by atoms with Crippen LogP contribution >= 0.6 is 11.6 Å². The highest BCUT2D eigenvalue weighted by molar-refractivity contribution is 6.34. The molecule has 0 N–H and O–H groups in total. The smallest absolute Gasteiger partial charge is 0.379 e. The van der Waals surface area contributed by atoms with Gasteiger partial charge < -0.3 is 9.15 Å². The maximum Gasteiger partial charge on any atom is 0.379 e.